The molecule has 0 aromatic heterocycles. The zero-order valence-electron chi connectivity index (χ0n) is 11.6. The number of benzene rings is 1. The lowest BCUT2D eigenvalue weighted by Crippen LogP contribution is -2.35. The van der Waals surface area contributed by atoms with E-state index >= 15 is 0 Å². The van der Waals surface area contributed by atoms with Crippen LogP contribution in [0.2, 0.25) is 0 Å². The summed E-state index contributed by atoms with van der Waals surface area (Å²) in [5.74, 6) is 1.97. The highest BCUT2D eigenvalue weighted by molar-refractivity contribution is 7.85. The molecule has 1 aliphatic carbocycles. The summed E-state index contributed by atoms with van der Waals surface area (Å²) in [7, 11) is -0.841. The summed E-state index contributed by atoms with van der Waals surface area (Å²) in [6.45, 7) is 6.84. The second kappa shape index (κ2) is 6.01. The Bertz CT molecular complexity index is 399. The Morgan fingerprint density at radius 1 is 1.17 bits per heavy atom. The van der Waals surface area contributed by atoms with Crippen molar-refractivity contribution in [2.75, 3.05) is 0 Å². The van der Waals surface area contributed by atoms with E-state index in [4.69, 9.17) is 0 Å². The van der Waals surface area contributed by atoms with E-state index in [1.807, 2.05) is 30.3 Å². The summed E-state index contributed by atoms with van der Waals surface area (Å²) in [6.07, 6.45) is 3.65. The summed E-state index contributed by atoms with van der Waals surface area (Å²) >= 11 is 0. The van der Waals surface area contributed by atoms with E-state index in [1.54, 1.807) is 0 Å². The molecular weight excluding hydrogens is 240 g/mol. The number of hydrogen-bond acceptors (Lipinski definition) is 1. The van der Waals surface area contributed by atoms with E-state index in [2.05, 4.69) is 20.8 Å². The fraction of sp³-hybridized carbons (Fsp3) is 0.625. The van der Waals surface area contributed by atoms with Crippen molar-refractivity contribution in [3.05, 3.63) is 30.3 Å². The average Bonchev–Trinajstić information content (AvgIpc) is 2.38. The first kappa shape index (κ1) is 13.8. The number of rotatable bonds is 3. The minimum atomic E-state index is -0.841. The van der Waals surface area contributed by atoms with Gasteiger partial charge in [0.2, 0.25) is 0 Å². The third kappa shape index (κ3) is 3.03. The van der Waals surface area contributed by atoms with Crippen molar-refractivity contribution >= 4 is 10.8 Å². The van der Waals surface area contributed by atoms with Crippen LogP contribution in [0.25, 0.3) is 0 Å². The summed E-state index contributed by atoms with van der Waals surface area (Å²) in [6, 6.07) is 9.98. The Morgan fingerprint density at radius 2 is 1.83 bits per heavy atom. The SMILES string of the molecule is CC(C)[C@@H]1CC[C@@H](C)C[C@@H]1[S@@](=O)c1ccccc1. The minimum absolute atomic E-state index is 0.344. The van der Waals surface area contributed by atoms with Crippen molar-refractivity contribution in [2.24, 2.45) is 17.8 Å². The van der Waals surface area contributed by atoms with Crippen molar-refractivity contribution in [2.45, 2.75) is 50.2 Å². The maximum absolute atomic E-state index is 12.8. The molecule has 0 saturated heterocycles. The highest BCUT2D eigenvalue weighted by Crippen LogP contribution is 2.37. The van der Waals surface area contributed by atoms with Crippen molar-refractivity contribution in [1.29, 1.82) is 0 Å². The van der Waals surface area contributed by atoms with E-state index in [9.17, 15) is 4.21 Å². The molecule has 1 nitrogen and oxygen atoms in total. The van der Waals surface area contributed by atoms with Crippen molar-refractivity contribution in [3.8, 4) is 0 Å². The van der Waals surface area contributed by atoms with E-state index in [-0.39, 0.29) is 0 Å². The Labute approximate surface area is 113 Å². The van der Waals surface area contributed by atoms with Gasteiger partial charge in [-0.15, -0.1) is 0 Å². The molecule has 0 bridgehead atoms. The Balaban J connectivity index is 2.20. The largest absolute Gasteiger partial charge is 0.254 e. The fourth-order valence-electron chi connectivity index (χ4n) is 3.09. The Kier molecular flexibility index (Phi) is 4.60. The molecule has 100 valence electrons. The van der Waals surface area contributed by atoms with Crippen LogP contribution in [0.3, 0.4) is 0 Å². The van der Waals surface area contributed by atoms with Gasteiger partial charge in [0.05, 0.1) is 10.8 Å². The summed E-state index contributed by atoms with van der Waals surface area (Å²) < 4.78 is 12.8. The molecule has 2 heteroatoms. The van der Waals surface area contributed by atoms with Gasteiger partial charge in [-0.2, -0.15) is 0 Å². The normalized spacial score (nSPS) is 30.3. The van der Waals surface area contributed by atoms with Gasteiger partial charge in [0.15, 0.2) is 0 Å². The molecule has 0 radical (unpaired) electrons. The van der Waals surface area contributed by atoms with E-state index in [1.165, 1.54) is 12.8 Å². The lowest BCUT2D eigenvalue weighted by Gasteiger charge is -2.36. The van der Waals surface area contributed by atoms with Gasteiger partial charge < -0.3 is 0 Å². The van der Waals surface area contributed by atoms with Gasteiger partial charge in [0, 0.05) is 10.1 Å². The molecule has 0 aliphatic heterocycles. The third-order valence-electron chi connectivity index (χ3n) is 4.21. The van der Waals surface area contributed by atoms with E-state index in [0.717, 1.165) is 17.2 Å². The minimum Gasteiger partial charge on any atom is -0.254 e. The molecule has 1 fully saturated rings. The monoisotopic (exact) mass is 264 g/mol. The zero-order chi connectivity index (χ0) is 13.1. The van der Waals surface area contributed by atoms with Gasteiger partial charge in [-0.05, 0) is 42.7 Å². The first-order valence-corrected chi connectivity index (χ1v) is 8.26. The average molecular weight is 264 g/mol. The third-order valence-corrected chi connectivity index (χ3v) is 6.04. The molecule has 0 spiro atoms. The Hall–Kier alpha value is -0.630. The second-order valence-corrected chi connectivity index (χ2v) is 7.65. The second-order valence-electron chi connectivity index (χ2n) is 5.98. The first-order valence-electron chi connectivity index (χ1n) is 7.05. The molecule has 18 heavy (non-hydrogen) atoms. The van der Waals surface area contributed by atoms with Crippen LogP contribution in [0, 0.1) is 17.8 Å². The molecule has 2 rings (SSSR count). The highest BCUT2D eigenvalue weighted by Gasteiger charge is 2.34. The molecule has 1 aromatic rings. The molecular formula is C16H24OS. The quantitative estimate of drug-likeness (QED) is 0.797. The van der Waals surface area contributed by atoms with Crippen molar-refractivity contribution < 1.29 is 4.21 Å². The Morgan fingerprint density at radius 3 is 2.44 bits per heavy atom. The van der Waals surface area contributed by atoms with Gasteiger partial charge in [0.1, 0.15) is 0 Å². The van der Waals surface area contributed by atoms with Gasteiger partial charge in [0.25, 0.3) is 0 Å². The van der Waals surface area contributed by atoms with Gasteiger partial charge in [-0.3, -0.25) is 4.21 Å². The summed E-state index contributed by atoms with van der Waals surface area (Å²) in [5, 5.41) is 0.344. The van der Waals surface area contributed by atoms with Gasteiger partial charge in [-0.25, -0.2) is 0 Å². The predicted octanol–water partition coefficient (Wildman–Crippen LogP) is 4.26. The molecule has 0 amide bonds. The lowest BCUT2D eigenvalue weighted by molar-refractivity contribution is 0.241. The lowest BCUT2D eigenvalue weighted by atomic mass is 9.77. The van der Waals surface area contributed by atoms with E-state index < -0.39 is 10.8 Å². The number of hydrogen-bond donors (Lipinski definition) is 0. The van der Waals surface area contributed by atoms with Crippen LogP contribution < -0.4 is 0 Å². The van der Waals surface area contributed by atoms with Crippen LogP contribution in [-0.2, 0) is 10.8 Å². The van der Waals surface area contributed by atoms with Crippen LogP contribution in [0.15, 0.2) is 35.2 Å². The molecule has 4 atom stereocenters. The van der Waals surface area contributed by atoms with E-state index in [0.29, 0.717) is 17.1 Å². The zero-order valence-corrected chi connectivity index (χ0v) is 12.5. The van der Waals surface area contributed by atoms with Crippen LogP contribution in [0.5, 0.6) is 0 Å². The van der Waals surface area contributed by atoms with Crippen LogP contribution in [0.1, 0.15) is 40.0 Å². The summed E-state index contributed by atoms with van der Waals surface area (Å²) in [5.41, 5.74) is 0. The molecule has 1 aromatic carbocycles. The highest BCUT2D eigenvalue weighted by atomic mass is 32.2. The maximum atomic E-state index is 12.8. The van der Waals surface area contributed by atoms with Gasteiger partial charge in [-0.1, -0.05) is 45.4 Å². The summed E-state index contributed by atoms with van der Waals surface area (Å²) in [4.78, 5) is 1.00. The predicted molar refractivity (Wildman–Crippen MR) is 78.0 cm³/mol. The van der Waals surface area contributed by atoms with Gasteiger partial charge >= 0.3 is 0 Å². The van der Waals surface area contributed by atoms with Crippen LogP contribution >= 0.6 is 0 Å². The van der Waals surface area contributed by atoms with Crippen LogP contribution in [0.4, 0.5) is 0 Å². The fourth-order valence-corrected chi connectivity index (χ4v) is 5.14. The van der Waals surface area contributed by atoms with Crippen LogP contribution in [-0.4, -0.2) is 9.46 Å². The first-order chi connectivity index (χ1) is 8.59. The maximum Gasteiger partial charge on any atom is 0.0563 e. The van der Waals surface area contributed by atoms with Crippen molar-refractivity contribution in [1.82, 2.24) is 0 Å². The molecule has 0 heterocycles. The smallest absolute Gasteiger partial charge is 0.0563 e. The molecule has 0 unspecified atom stereocenters. The molecule has 1 aliphatic rings. The topological polar surface area (TPSA) is 17.1 Å². The van der Waals surface area contributed by atoms with Crippen molar-refractivity contribution in [3.63, 3.8) is 0 Å². The molecule has 1 saturated carbocycles. The molecule has 0 N–H and O–H groups in total. The standard InChI is InChI=1S/C16H24OS/c1-12(2)15-10-9-13(3)11-16(15)18(17)14-7-5-4-6-8-14/h4-8,12-13,15-16H,9-11H2,1-3H3/t13-,15+,16+,18+/m1/s1.